The van der Waals surface area contributed by atoms with Crippen LogP contribution in [0.2, 0.25) is 0 Å². The molecule has 2 aromatic rings. The molecule has 0 heterocycles. The first-order valence-corrected chi connectivity index (χ1v) is 6.91. The highest BCUT2D eigenvalue weighted by atomic mass is 19.1. The number of hydrogen-bond donors (Lipinski definition) is 1. The van der Waals surface area contributed by atoms with Gasteiger partial charge in [0, 0.05) is 23.8 Å². The third kappa shape index (κ3) is 3.47. The molecule has 0 radical (unpaired) electrons. The lowest BCUT2D eigenvalue weighted by Crippen LogP contribution is -2.37. The summed E-state index contributed by atoms with van der Waals surface area (Å²) in [7, 11) is 0. The average molecular weight is 286 g/mol. The van der Waals surface area contributed by atoms with E-state index in [1.807, 2.05) is 38.1 Å². The lowest BCUT2D eigenvalue weighted by molar-refractivity contribution is 0.0980. The topological polar surface area (TPSA) is 46.3 Å². The third-order valence-electron chi connectivity index (χ3n) is 3.26. The molecular weight excluding hydrogens is 267 g/mol. The minimum Gasteiger partial charge on any atom is -0.326 e. The van der Waals surface area contributed by atoms with E-state index >= 15 is 0 Å². The van der Waals surface area contributed by atoms with Gasteiger partial charge in [-0.15, -0.1) is 0 Å². The monoisotopic (exact) mass is 286 g/mol. The van der Waals surface area contributed by atoms with Crippen LogP contribution in [-0.4, -0.2) is 11.9 Å². The second-order valence-electron chi connectivity index (χ2n) is 5.15. The molecule has 2 aromatic carbocycles. The molecule has 0 aliphatic rings. The number of benzene rings is 2. The van der Waals surface area contributed by atoms with Crippen molar-refractivity contribution in [2.45, 2.75) is 26.4 Å². The summed E-state index contributed by atoms with van der Waals surface area (Å²) in [5.41, 5.74) is 7.70. The maximum absolute atomic E-state index is 13.3. The van der Waals surface area contributed by atoms with E-state index in [1.165, 1.54) is 12.1 Å². The highest BCUT2D eigenvalue weighted by Crippen LogP contribution is 2.21. The van der Waals surface area contributed by atoms with Crippen LogP contribution < -0.4 is 10.6 Å². The van der Waals surface area contributed by atoms with Crippen LogP contribution in [0.1, 0.15) is 29.8 Å². The first kappa shape index (κ1) is 15.2. The number of amides is 1. The van der Waals surface area contributed by atoms with Gasteiger partial charge in [0.05, 0.1) is 0 Å². The highest BCUT2D eigenvalue weighted by molar-refractivity contribution is 6.06. The smallest absolute Gasteiger partial charge is 0.258 e. The molecule has 3 nitrogen and oxygen atoms in total. The van der Waals surface area contributed by atoms with Crippen LogP contribution in [0.3, 0.4) is 0 Å². The van der Waals surface area contributed by atoms with Crippen molar-refractivity contribution in [1.29, 1.82) is 0 Å². The Bertz CT molecular complexity index is 623. The third-order valence-corrected chi connectivity index (χ3v) is 3.26. The van der Waals surface area contributed by atoms with Crippen molar-refractivity contribution in [3.8, 4) is 0 Å². The minimum atomic E-state index is -0.414. The largest absolute Gasteiger partial charge is 0.326 e. The van der Waals surface area contributed by atoms with E-state index in [0.29, 0.717) is 12.1 Å². The normalized spacial score (nSPS) is 10.7. The minimum absolute atomic E-state index is 0.0375. The lowest BCUT2D eigenvalue weighted by Gasteiger charge is -2.27. The van der Waals surface area contributed by atoms with Gasteiger partial charge in [0.15, 0.2) is 0 Å². The van der Waals surface area contributed by atoms with Crippen molar-refractivity contribution in [3.63, 3.8) is 0 Å². The van der Waals surface area contributed by atoms with Gasteiger partial charge < -0.3 is 10.6 Å². The quantitative estimate of drug-likeness (QED) is 0.937. The molecule has 110 valence electrons. The number of halogens is 1. The summed E-state index contributed by atoms with van der Waals surface area (Å²) in [6, 6.07) is 13.2. The summed E-state index contributed by atoms with van der Waals surface area (Å²) >= 11 is 0. The molecule has 0 aliphatic heterocycles. The number of nitrogens with zero attached hydrogens (tertiary/aromatic N) is 1. The Hall–Kier alpha value is -2.20. The number of carbonyl (C=O) groups is 1. The SMILES string of the molecule is CC(C)N(C(=O)c1cccc(F)c1)c1ccc(CN)cc1. The number of rotatable bonds is 4. The molecule has 0 aromatic heterocycles. The zero-order valence-corrected chi connectivity index (χ0v) is 12.2. The van der Waals surface area contributed by atoms with Crippen molar-refractivity contribution >= 4 is 11.6 Å². The molecule has 0 fully saturated rings. The molecule has 0 aliphatic carbocycles. The van der Waals surface area contributed by atoms with Gasteiger partial charge in [-0.2, -0.15) is 0 Å². The summed E-state index contributed by atoms with van der Waals surface area (Å²) in [5.74, 6) is -0.631. The van der Waals surface area contributed by atoms with Crippen LogP contribution in [0.4, 0.5) is 10.1 Å². The fraction of sp³-hybridized carbons (Fsp3) is 0.235. The summed E-state index contributed by atoms with van der Waals surface area (Å²) in [5, 5.41) is 0. The molecule has 0 saturated carbocycles. The summed E-state index contributed by atoms with van der Waals surface area (Å²) in [4.78, 5) is 14.3. The van der Waals surface area contributed by atoms with Crippen LogP contribution in [0, 0.1) is 5.82 Å². The van der Waals surface area contributed by atoms with Crippen molar-refractivity contribution in [2.75, 3.05) is 4.90 Å². The first-order valence-electron chi connectivity index (χ1n) is 6.91. The predicted octanol–water partition coefficient (Wildman–Crippen LogP) is 3.34. The van der Waals surface area contributed by atoms with Crippen LogP contribution in [-0.2, 0) is 6.54 Å². The Morgan fingerprint density at radius 2 is 1.86 bits per heavy atom. The van der Waals surface area contributed by atoms with Gasteiger partial charge in [0.25, 0.3) is 5.91 Å². The van der Waals surface area contributed by atoms with Gasteiger partial charge in [0.1, 0.15) is 5.82 Å². The average Bonchev–Trinajstić information content (AvgIpc) is 2.47. The van der Waals surface area contributed by atoms with Gasteiger partial charge >= 0.3 is 0 Å². The number of anilines is 1. The van der Waals surface area contributed by atoms with Crippen molar-refractivity contribution in [3.05, 3.63) is 65.5 Å². The van der Waals surface area contributed by atoms with Gasteiger partial charge in [-0.1, -0.05) is 18.2 Å². The molecule has 0 saturated heterocycles. The molecule has 0 bridgehead atoms. The molecule has 4 heteroatoms. The number of carbonyl (C=O) groups excluding carboxylic acids is 1. The summed E-state index contributed by atoms with van der Waals surface area (Å²) in [6.07, 6.45) is 0. The molecule has 2 rings (SSSR count). The van der Waals surface area contributed by atoms with Crippen molar-refractivity contribution < 1.29 is 9.18 Å². The fourth-order valence-corrected chi connectivity index (χ4v) is 2.20. The van der Waals surface area contributed by atoms with Gasteiger partial charge in [-0.25, -0.2) is 4.39 Å². The van der Waals surface area contributed by atoms with Crippen LogP contribution in [0.15, 0.2) is 48.5 Å². The van der Waals surface area contributed by atoms with Crippen molar-refractivity contribution in [1.82, 2.24) is 0 Å². The van der Waals surface area contributed by atoms with E-state index in [0.717, 1.165) is 11.3 Å². The van der Waals surface area contributed by atoms with E-state index in [4.69, 9.17) is 5.73 Å². The number of nitrogens with two attached hydrogens (primary N) is 1. The fourth-order valence-electron chi connectivity index (χ4n) is 2.20. The molecule has 0 unspecified atom stereocenters. The molecule has 21 heavy (non-hydrogen) atoms. The highest BCUT2D eigenvalue weighted by Gasteiger charge is 2.20. The second-order valence-corrected chi connectivity index (χ2v) is 5.15. The zero-order chi connectivity index (χ0) is 15.4. The van der Waals surface area contributed by atoms with Crippen LogP contribution in [0.5, 0.6) is 0 Å². The standard InChI is InChI=1S/C17H19FN2O/c1-12(2)20(16-8-6-13(11-19)7-9-16)17(21)14-4-3-5-15(18)10-14/h3-10,12H,11,19H2,1-2H3. The maximum atomic E-state index is 13.3. The Labute approximate surface area is 124 Å². The maximum Gasteiger partial charge on any atom is 0.258 e. The van der Waals surface area contributed by atoms with Crippen LogP contribution in [0.25, 0.3) is 0 Å². The van der Waals surface area contributed by atoms with E-state index in [-0.39, 0.29) is 11.9 Å². The van der Waals surface area contributed by atoms with Gasteiger partial charge in [-0.3, -0.25) is 4.79 Å². The van der Waals surface area contributed by atoms with Crippen LogP contribution >= 0.6 is 0 Å². The van der Waals surface area contributed by atoms with E-state index in [2.05, 4.69) is 0 Å². The molecule has 0 atom stereocenters. The van der Waals surface area contributed by atoms with E-state index < -0.39 is 5.82 Å². The first-order chi connectivity index (χ1) is 10.0. The molecular formula is C17H19FN2O. The van der Waals surface area contributed by atoms with E-state index in [9.17, 15) is 9.18 Å². The Balaban J connectivity index is 2.36. The summed E-state index contributed by atoms with van der Waals surface area (Å²) < 4.78 is 13.3. The Morgan fingerprint density at radius 1 is 1.19 bits per heavy atom. The van der Waals surface area contributed by atoms with Crippen molar-refractivity contribution in [2.24, 2.45) is 5.73 Å². The predicted molar refractivity (Wildman–Crippen MR) is 82.7 cm³/mol. The Morgan fingerprint density at radius 3 is 2.38 bits per heavy atom. The molecule has 2 N–H and O–H groups in total. The summed E-state index contributed by atoms with van der Waals surface area (Å²) in [6.45, 7) is 4.31. The lowest BCUT2D eigenvalue weighted by atomic mass is 10.1. The Kier molecular flexibility index (Phi) is 4.70. The second kappa shape index (κ2) is 6.50. The zero-order valence-electron chi connectivity index (χ0n) is 12.2. The van der Waals surface area contributed by atoms with Gasteiger partial charge in [-0.05, 0) is 49.7 Å². The number of hydrogen-bond acceptors (Lipinski definition) is 2. The molecule has 1 amide bonds. The van der Waals surface area contributed by atoms with E-state index in [1.54, 1.807) is 17.0 Å². The van der Waals surface area contributed by atoms with Gasteiger partial charge in [0.2, 0.25) is 0 Å². The molecule has 0 spiro atoms.